The predicted octanol–water partition coefficient (Wildman–Crippen LogP) is -0.258. The summed E-state index contributed by atoms with van der Waals surface area (Å²) in [5, 5.41) is 2.98. The van der Waals surface area contributed by atoms with Crippen molar-refractivity contribution in [1.82, 2.24) is 15.0 Å². The Morgan fingerprint density at radius 1 is 1.25 bits per heavy atom. The lowest BCUT2D eigenvalue weighted by molar-refractivity contribution is 0.0736. The molecule has 0 aromatic carbocycles. The second-order valence-electron chi connectivity index (χ2n) is 4.04. The molecule has 1 aromatic rings. The Bertz CT molecular complexity index is 476. The molecular weight excluding hydrogens is 282 g/mol. The Morgan fingerprint density at radius 2 is 2.05 bits per heavy atom. The van der Waals surface area contributed by atoms with Crippen LogP contribution in [-0.2, 0) is 26.0 Å². The van der Waals surface area contributed by atoms with Gasteiger partial charge in [0.1, 0.15) is 0 Å². The minimum Gasteiger partial charge on any atom is -0.382 e. The van der Waals surface area contributed by atoms with Gasteiger partial charge < -0.3 is 14.8 Å². The molecule has 0 amide bonds. The van der Waals surface area contributed by atoms with Crippen molar-refractivity contribution in [2.24, 2.45) is 0 Å². The number of nitrogens with one attached hydrogen (secondary N) is 2. The fraction of sp³-hybridized carbons (Fsp3) is 0.583. The molecule has 1 rings (SSSR count). The number of sulfonamides is 1. The van der Waals surface area contributed by atoms with Crippen LogP contribution in [0.2, 0.25) is 0 Å². The van der Waals surface area contributed by atoms with Gasteiger partial charge in [0.15, 0.2) is 5.03 Å². The normalized spacial score (nSPS) is 11.7. The van der Waals surface area contributed by atoms with Crippen LogP contribution in [0.15, 0.2) is 23.4 Å². The third-order valence-corrected chi connectivity index (χ3v) is 3.80. The Morgan fingerprint density at radius 3 is 2.65 bits per heavy atom. The standard InChI is InChI=1S/C12H21N3O4S/c1-13-9-11-3-4-12(14-10-11)20(16,17)15-5-6-19-8-7-18-2/h3-4,10,13,15H,5-9H2,1-2H3. The van der Waals surface area contributed by atoms with Crippen molar-refractivity contribution in [3.05, 3.63) is 23.9 Å². The molecule has 114 valence electrons. The van der Waals surface area contributed by atoms with Crippen LogP contribution in [0.4, 0.5) is 0 Å². The Kier molecular flexibility index (Phi) is 7.63. The van der Waals surface area contributed by atoms with Crippen molar-refractivity contribution in [3.63, 3.8) is 0 Å². The maximum Gasteiger partial charge on any atom is 0.258 e. The lowest BCUT2D eigenvalue weighted by atomic mass is 10.3. The number of methoxy groups -OCH3 is 1. The van der Waals surface area contributed by atoms with Gasteiger partial charge in [0.05, 0.1) is 19.8 Å². The van der Waals surface area contributed by atoms with E-state index in [1.54, 1.807) is 19.4 Å². The smallest absolute Gasteiger partial charge is 0.258 e. The lowest BCUT2D eigenvalue weighted by Crippen LogP contribution is -2.28. The van der Waals surface area contributed by atoms with Gasteiger partial charge in [-0.15, -0.1) is 0 Å². The van der Waals surface area contributed by atoms with Crippen molar-refractivity contribution in [1.29, 1.82) is 0 Å². The number of pyridine rings is 1. The maximum absolute atomic E-state index is 11.9. The second-order valence-corrected chi connectivity index (χ2v) is 5.75. The predicted molar refractivity (Wildman–Crippen MR) is 74.9 cm³/mol. The van der Waals surface area contributed by atoms with E-state index in [0.717, 1.165) is 5.56 Å². The highest BCUT2D eigenvalue weighted by molar-refractivity contribution is 7.89. The fourth-order valence-corrected chi connectivity index (χ4v) is 2.38. The largest absolute Gasteiger partial charge is 0.382 e. The highest BCUT2D eigenvalue weighted by Gasteiger charge is 2.14. The van der Waals surface area contributed by atoms with E-state index in [9.17, 15) is 8.42 Å². The number of hydrogen-bond acceptors (Lipinski definition) is 6. The Balaban J connectivity index is 2.43. The van der Waals surface area contributed by atoms with Gasteiger partial charge in [-0.1, -0.05) is 6.07 Å². The highest BCUT2D eigenvalue weighted by Crippen LogP contribution is 2.06. The second kappa shape index (κ2) is 8.98. The first-order valence-corrected chi connectivity index (χ1v) is 7.74. The molecule has 0 aliphatic rings. The summed E-state index contributed by atoms with van der Waals surface area (Å²) in [6, 6.07) is 3.22. The van der Waals surface area contributed by atoms with E-state index in [4.69, 9.17) is 9.47 Å². The molecule has 1 heterocycles. The van der Waals surface area contributed by atoms with Gasteiger partial charge in [0, 0.05) is 26.4 Å². The minimum atomic E-state index is -3.58. The van der Waals surface area contributed by atoms with Crippen molar-refractivity contribution >= 4 is 10.0 Å². The molecule has 8 heteroatoms. The Labute approximate surface area is 119 Å². The lowest BCUT2D eigenvalue weighted by Gasteiger charge is -2.07. The zero-order chi connectivity index (χ0) is 14.8. The van der Waals surface area contributed by atoms with Crippen LogP contribution in [0.25, 0.3) is 0 Å². The molecule has 0 saturated carbocycles. The zero-order valence-electron chi connectivity index (χ0n) is 11.8. The van der Waals surface area contributed by atoms with Crippen molar-refractivity contribution < 1.29 is 17.9 Å². The zero-order valence-corrected chi connectivity index (χ0v) is 12.6. The van der Waals surface area contributed by atoms with Crippen molar-refractivity contribution in [2.75, 3.05) is 40.5 Å². The highest BCUT2D eigenvalue weighted by atomic mass is 32.2. The van der Waals surface area contributed by atoms with Crippen molar-refractivity contribution in [3.8, 4) is 0 Å². The molecule has 0 aliphatic heterocycles. The molecule has 0 spiro atoms. The summed E-state index contributed by atoms with van der Waals surface area (Å²) < 4.78 is 36.3. The first-order chi connectivity index (χ1) is 9.60. The van der Waals surface area contributed by atoms with Gasteiger partial charge >= 0.3 is 0 Å². The van der Waals surface area contributed by atoms with Crippen LogP contribution in [-0.4, -0.2) is 53.9 Å². The van der Waals surface area contributed by atoms with E-state index in [0.29, 0.717) is 26.4 Å². The van der Waals surface area contributed by atoms with E-state index >= 15 is 0 Å². The summed E-state index contributed by atoms with van der Waals surface area (Å²) in [5.41, 5.74) is 0.925. The number of hydrogen-bond donors (Lipinski definition) is 2. The molecule has 0 aliphatic carbocycles. The van der Waals surface area contributed by atoms with Gasteiger partial charge in [-0.25, -0.2) is 18.1 Å². The summed E-state index contributed by atoms with van der Waals surface area (Å²) in [7, 11) is -0.183. The van der Waals surface area contributed by atoms with Gasteiger partial charge in [0.2, 0.25) is 0 Å². The van der Waals surface area contributed by atoms with Crippen LogP contribution in [0.5, 0.6) is 0 Å². The van der Waals surface area contributed by atoms with Gasteiger partial charge in [-0.3, -0.25) is 0 Å². The van der Waals surface area contributed by atoms with Gasteiger partial charge in [-0.05, 0) is 18.7 Å². The minimum absolute atomic E-state index is 0.00856. The van der Waals surface area contributed by atoms with E-state index in [1.165, 1.54) is 6.07 Å². The summed E-state index contributed by atoms with van der Waals surface area (Å²) in [6.07, 6.45) is 1.54. The monoisotopic (exact) mass is 303 g/mol. The van der Waals surface area contributed by atoms with Crippen LogP contribution in [0.3, 0.4) is 0 Å². The number of aromatic nitrogens is 1. The average molecular weight is 303 g/mol. The maximum atomic E-state index is 11.9. The third kappa shape index (κ3) is 5.93. The quantitative estimate of drug-likeness (QED) is 0.579. The average Bonchev–Trinajstić information content (AvgIpc) is 2.44. The van der Waals surface area contributed by atoms with Crippen LogP contribution < -0.4 is 10.0 Å². The Hall–Kier alpha value is -1.06. The molecule has 0 atom stereocenters. The first kappa shape index (κ1) is 17.0. The van der Waals surface area contributed by atoms with E-state index < -0.39 is 10.0 Å². The van der Waals surface area contributed by atoms with E-state index in [1.807, 2.05) is 7.05 Å². The SMILES string of the molecule is CNCc1ccc(S(=O)(=O)NCCOCCOC)nc1. The summed E-state index contributed by atoms with van der Waals surface area (Å²) in [4.78, 5) is 3.95. The van der Waals surface area contributed by atoms with Crippen LogP contribution in [0, 0.1) is 0 Å². The summed E-state index contributed by atoms with van der Waals surface area (Å²) in [6.45, 7) is 2.07. The van der Waals surface area contributed by atoms with E-state index in [-0.39, 0.29) is 11.6 Å². The van der Waals surface area contributed by atoms with E-state index in [2.05, 4.69) is 15.0 Å². The number of ether oxygens (including phenoxy) is 2. The molecular formula is C12H21N3O4S. The number of rotatable bonds is 10. The summed E-state index contributed by atoms with van der Waals surface area (Å²) >= 11 is 0. The molecule has 0 unspecified atom stereocenters. The third-order valence-electron chi connectivity index (χ3n) is 2.42. The molecule has 20 heavy (non-hydrogen) atoms. The van der Waals surface area contributed by atoms with Crippen LogP contribution in [0.1, 0.15) is 5.56 Å². The fourth-order valence-electron chi connectivity index (χ4n) is 1.45. The molecule has 0 radical (unpaired) electrons. The van der Waals surface area contributed by atoms with Crippen molar-refractivity contribution in [2.45, 2.75) is 11.6 Å². The molecule has 0 bridgehead atoms. The van der Waals surface area contributed by atoms with Gasteiger partial charge in [0.25, 0.3) is 10.0 Å². The first-order valence-electron chi connectivity index (χ1n) is 6.26. The summed E-state index contributed by atoms with van der Waals surface area (Å²) in [5.74, 6) is 0. The molecule has 0 fully saturated rings. The molecule has 2 N–H and O–H groups in total. The van der Waals surface area contributed by atoms with Crippen LogP contribution >= 0.6 is 0 Å². The van der Waals surface area contributed by atoms with Gasteiger partial charge in [-0.2, -0.15) is 0 Å². The molecule has 1 aromatic heterocycles. The topological polar surface area (TPSA) is 89.6 Å². The molecule has 7 nitrogen and oxygen atoms in total. The number of nitrogens with zero attached hydrogens (tertiary/aromatic N) is 1. The molecule has 0 saturated heterocycles.